The summed E-state index contributed by atoms with van der Waals surface area (Å²) in [6, 6.07) is -0.664. The first-order chi connectivity index (χ1) is 8.10. The van der Waals surface area contributed by atoms with E-state index in [4.69, 9.17) is 5.11 Å². The van der Waals surface area contributed by atoms with Crippen LogP contribution in [0.3, 0.4) is 0 Å². The first-order valence-corrected chi connectivity index (χ1v) is 6.32. The average Bonchev–Trinajstić information content (AvgIpc) is 2.57. The van der Waals surface area contributed by atoms with Gasteiger partial charge in [0.25, 0.3) is 5.91 Å². The Morgan fingerprint density at radius 3 is 2.71 bits per heavy atom. The van der Waals surface area contributed by atoms with Crippen molar-refractivity contribution in [1.82, 2.24) is 10.2 Å². The molecule has 0 aliphatic carbocycles. The molecule has 1 saturated heterocycles. The molecule has 1 fully saturated rings. The van der Waals surface area contributed by atoms with Crippen molar-refractivity contribution >= 4 is 11.9 Å². The van der Waals surface area contributed by atoms with Crippen LogP contribution in [0.5, 0.6) is 0 Å². The van der Waals surface area contributed by atoms with Gasteiger partial charge in [0.15, 0.2) is 0 Å². The normalized spacial score (nSPS) is 21.8. The number of aliphatic hydroxyl groups excluding tert-OH is 1. The van der Waals surface area contributed by atoms with Gasteiger partial charge in [-0.25, -0.2) is 4.79 Å². The summed E-state index contributed by atoms with van der Waals surface area (Å²) in [4.78, 5) is 24.9. The maximum Gasteiger partial charge on any atom is 0.324 e. The van der Waals surface area contributed by atoms with Gasteiger partial charge in [-0.3, -0.25) is 9.69 Å². The molecule has 1 aliphatic heterocycles. The lowest BCUT2D eigenvalue weighted by atomic mass is 10.1. The number of aliphatic hydroxyl groups is 1. The largest absolute Gasteiger partial charge is 0.396 e. The van der Waals surface area contributed by atoms with Crippen molar-refractivity contribution in [3.8, 4) is 0 Å². The Labute approximate surface area is 102 Å². The summed E-state index contributed by atoms with van der Waals surface area (Å²) >= 11 is 0. The van der Waals surface area contributed by atoms with E-state index in [-0.39, 0.29) is 18.5 Å². The molecule has 0 aromatic carbocycles. The molecule has 2 N–H and O–H groups in total. The summed E-state index contributed by atoms with van der Waals surface area (Å²) in [5.41, 5.74) is 0. The van der Waals surface area contributed by atoms with E-state index in [1.54, 1.807) is 0 Å². The zero-order valence-corrected chi connectivity index (χ0v) is 10.6. The van der Waals surface area contributed by atoms with Crippen LogP contribution in [0.2, 0.25) is 0 Å². The zero-order chi connectivity index (χ0) is 12.8. The summed E-state index contributed by atoms with van der Waals surface area (Å²) in [5, 5.41) is 11.4. The number of rotatable bonds is 7. The molecule has 0 bridgehead atoms. The van der Waals surface area contributed by atoms with Gasteiger partial charge in [0, 0.05) is 13.2 Å². The Bertz CT molecular complexity index is 281. The van der Waals surface area contributed by atoms with Gasteiger partial charge in [0.05, 0.1) is 0 Å². The van der Waals surface area contributed by atoms with Gasteiger partial charge in [-0.15, -0.1) is 0 Å². The third-order valence-electron chi connectivity index (χ3n) is 3.20. The molecule has 2 atom stereocenters. The van der Waals surface area contributed by atoms with E-state index in [0.717, 1.165) is 12.8 Å². The molecule has 2 unspecified atom stereocenters. The maximum absolute atomic E-state index is 11.9. The predicted molar refractivity (Wildman–Crippen MR) is 64.4 cm³/mol. The molecule has 0 spiro atoms. The van der Waals surface area contributed by atoms with Gasteiger partial charge in [0.2, 0.25) is 0 Å². The van der Waals surface area contributed by atoms with Gasteiger partial charge < -0.3 is 10.4 Å². The van der Waals surface area contributed by atoms with Crippen LogP contribution in [0.25, 0.3) is 0 Å². The standard InChI is InChI=1S/C12H22N2O3/c1-3-9(2)8-14-11(16)10(13-12(14)17)6-4-5-7-15/h9-10,15H,3-8H2,1-2H3,(H,13,17). The monoisotopic (exact) mass is 242 g/mol. The Balaban J connectivity index is 2.47. The fourth-order valence-electron chi connectivity index (χ4n) is 1.85. The molecule has 0 saturated carbocycles. The molecule has 3 amide bonds. The second-order valence-corrected chi connectivity index (χ2v) is 4.68. The van der Waals surface area contributed by atoms with Crippen LogP contribution < -0.4 is 5.32 Å². The molecule has 5 heteroatoms. The number of carbonyl (C=O) groups is 2. The minimum absolute atomic E-state index is 0.117. The molecule has 1 aliphatic rings. The van der Waals surface area contributed by atoms with Gasteiger partial charge in [-0.2, -0.15) is 0 Å². The van der Waals surface area contributed by atoms with E-state index in [9.17, 15) is 9.59 Å². The highest BCUT2D eigenvalue weighted by Crippen LogP contribution is 2.15. The van der Waals surface area contributed by atoms with Crippen LogP contribution in [0.4, 0.5) is 4.79 Å². The van der Waals surface area contributed by atoms with E-state index in [2.05, 4.69) is 5.32 Å². The first-order valence-electron chi connectivity index (χ1n) is 6.32. The molecule has 1 rings (SSSR count). The molecular weight excluding hydrogens is 220 g/mol. The molecule has 0 aromatic heterocycles. The minimum atomic E-state index is -0.391. The second kappa shape index (κ2) is 6.59. The number of amides is 3. The predicted octanol–water partition coefficient (Wildman–Crippen LogP) is 1.12. The summed E-state index contributed by atoms with van der Waals surface area (Å²) in [7, 11) is 0. The Morgan fingerprint density at radius 1 is 1.41 bits per heavy atom. The van der Waals surface area contributed by atoms with Crippen molar-refractivity contribution in [1.29, 1.82) is 0 Å². The highest BCUT2D eigenvalue weighted by atomic mass is 16.3. The number of unbranched alkanes of at least 4 members (excludes halogenated alkanes) is 1. The second-order valence-electron chi connectivity index (χ2n) is 4.68. The minimum Gasteiger partial charge on any atom is -0.396 e. The highest BCUT2D eigenvalue weighted by Gasteiger charge is 2.37. The van der Waals surface area contributed by atoms with E-state index in [1.165, 1.54) is 4.90 Å². The molecule has 1 heterocycles. The number of carbonyl (C=O) groups excluding carboxylic acids is 2. The van der Waals surface area contributed by atoms with E-state index in [1.807, 2.05) is 13.8 Å². The number of urea groups is 1. The van der Waals surface area contributed by atoms with Crippen LogP contribution in [0.1, 0.15) is 39.5 Å². The molecule has 98 valence electrons. The quantitative estimate of drug-likeness (QED) is 0.519. The number of nitrogens with zero attached hydrogens (tertiary/aromatic N) is 1. The smallest absolute Gasteiger partial charge is 0.324 e. The molecule has 17 heavy (non-hydrogen) atoms. The van der Waals surface area contributed by atoms with Crippen molar-refractivity contribution in [2.45, 2.75) is 45.6 Å². The third-order valence-corrected chi connectivity index (χ3v) is 3.20. The fourth-order valence-corrected chi connectivity index (χ4v) is 1.85. The van der Waals surface area contributed by atoms with E-state index < -0.39 is 6.04 Å². The number of hydrogen-bond donors (Lipinski definition) is 2. The Morgan fingerprint density at radius 2 is 2.12 bits per heavy atom. The van der Waals surface area contributed by atoms with Crippen LogP contribution >= 0.6 is 0 Å². The molecule has 5 nitrogen and oxygen atoms in total. The lowest BCUT2D eigenvalue weighted by Crippen LogP contribution is -2.35. The van der Waals surface area contributed by atoms with Crippen molar-refractivity contribution < 1.29 is 14.7 Å². The average molecular weight is 242 g/mol. The van der Waals surface area contributed by atoms with Crippen LogP contribution in [0, 0.1) is 5.92 Å². The fraction of sp³-hybridized carbons (Fsp3) is 0.833. The molecule has 0 radical (unpaired) electrons. The Kier molecular flexibility index (Phi) is 5.41. The summed E-state index contributed by atoms with van der Waals surface area (Å²) < 4.78 is 0. The lowest BCUT2D eigenvalue weighted by molar-refractivity contribution is -0.128. The van der Waals surface area contributed by atoms with Crippen molar-refractivity contribution in [3.05, 3.63) is 0 Å². The SMILES string of the molecule is CCC(C)CN1C(=O)NC(CCCCO)C1=O. The van der Waals surface area contributed by atoms with Crippen LogP contribution in [0.15, 0.2) is 0 Å². The topological polar surface area (TPSA) is 69.6 Å². The van der Waals surface area contributed by atoms with Crippen molar-refractivity contribution in [2.24, 2.45) is 5.92 Å². The zero-order valence-electron chi connectivity index (χ0n) is 10.6. The van der Waals surface area contributed by atoms with Gasteiger partial charge >= 0.3 is 6.03 Å². The van der Waals surface area contributed by atoms with E-state index in [0.29, 0.717) is 25.3 Å². The van der Waals surface area contributed by atoms with Crippen molar-refractivity contribution in [2.75, 3.05) is 13.2 Å². The van der Waals surface area contributed by atoms with Gasteiger partial charge in [-0.05, 0) is 25.2 Å². The molecular formula is C12H22N2O3. The summed E-state index contributed by atoms with van der Waals surface area (Å²) in [5.74, 6) is 0.217. The van der Waals surface area contributed by atoms with Crippen LogP contribution in [-0.2, 0) is 4.79 Å². The third kappa shape index (κ3) is 3.70. The Hall–Kier alpha value is -1.10. The van der Waals surface area contributed by atoms with Crippen molar-refractivity contribution in [3.63, 3.8) is 0 Å². The summed E-state index contributed by atoms with van der Waals surface area (Å²) in [6.07, 6.45) is 2.99. The maximum atomic E-state index is 11.9. The number of imide groups is 1. The number of nitrogens with one attached hydrogen (secondary N) is 1. The first kappa shape index (κ1) is 14.0. The van der Waals surface area contributed by atoms with E-state index >= 15 is 0 Å². The number of hydrogen-bond acceptors (Lipinski definition) is 3. The van der Waals surface area contributed by atoms with Crippen LogP contribution in [-0.4, -0.2) is 41.1 Å². The summed E-state index contributed by atoms with van der Waals surface area (Å²) in [6.45, 7) is 4.70. The lowest BCUT2D eigenvalue weighted by Gasteiger charge is -2.17. The highest BCUT2D eigenvalue weighted by molar-refractivity contribution is 6.04. The van der Waals surface area contributed by atoms with Gasteiger partial charge in [0.1, 0.15) is 6.04 Å². The van der Waals surface area contributed by atoms with Gasteiger partial charge in [-0.1, -0.05) is 20.3 Å². The molecule has 0 aromatic rings.